The number of benzene rings is 1. The van der Waals surface area contributed by atoms with Crippen molar-refractivity contribution < 1.29 is 19.8 Å². The summed E-state index contributed by atoms with van der Waals surface area (Å²) in [6.45, 7) is 3.30. The molecule has 7 heteroatoms. The van der Waals surface area contributed by atoms with Gasteiger partial charge < -0.3 is 15.1 Å². The van der Waals surface area contributed by atoms with Crippen LogP contribution in [0, 0.1) is 5.92 Å². The molecule has 4 atom stereocenters. The summed E-state index contributed by atoms with van der Waals surface area (Å²) in [5.41, 5.74) is 1.39. The van der Waals surface area contributed by atoms with Gasteiger partial charge in [-0.2, -0.15) is 0 Å². The topological polar surface area (TPSA) is 93.1 Å². The van der Waals surface area contributed by atoms with Gasteiger partial charge in [0.15, 0.2) is 0 Å². The third-order valence-corrected chi connectivity index (χ3v) is 8.62. The van der Waals surface area contributed by atoms with Crippen molar-refractivity contribution in [3.05, 3.63) is 24.3 Å². The number of nitrogens with zero attached hydrogens (tertiary/aromatic N) is 2. The molecule has 4 rings (SSSR count). The lowest BCUT2D eigenvalue weighted by atomic mass is 9.80. The van der Waals surface area contributed by atoms with Crippen molar-refractivity contribution in [1.29, 1.82) is 0 Å². The van der Waals surface area contributed by atoms with Crippen LogP contribution in [0.2, 0.25) is 0 Å². The largest absolute Gasteiger partial charge is 0.481 e. The first kappa shape index (κ1) is 25.8. The Morgan fingerprint density at radius 1 is 1.00 bits per heavy atom. The molecule has 0 spiro atoms. The van der Waals surface area contributed by atoms with Gasteiger partial charge in [0.1, 0.15) is 0 Å². The minimum atomic E-state index is -1.09. The monoisotopic (exact) mass is 485 g/mol. The van der Waals surface area contributed by atoms with Crippen LogP contribution in [0.4, 0.5) is 16.2 Å². The standard InChI is InChI=1S/C28H43N3O4/c1-2-10-21-19-22(17-18-30(21)20-11-4-3-5-12-20)31(25-15-8-6-13-23(25)27(32)33)26-16-9-7-14-24(26)29-28(34)35/h7,9,14,16,20-23,25,29H,2-6,8,10-13,15,17-19H2,1H3,(H,32,33)(H,34,35)/t21-,22-,23+,25?/m0/s1. The van der Waals surface area contributed by atoms with Crippen molar-refractivity contribution in [2.75, 3.05) is 16.8 Å². The molecular weight excluding hydrogens is 442 g/mol. The number of rotatable bonds is 8. The van der Waals surface area contributed by atoms with E-state index in [4.69, 9.17) is 0 Å². The average molecular weight is 486 g/mol. The molecule has 3 N–H and O–H groups in total. The van der Waals surface area contributed by atoms with E-state index < -0.39 is 18.0 Å². The Morgan fingerprint density at radius 3 is 2.43 bits per heavy atom. The van der Waals surface area contributed by atoms with Crippen LogP contribution in [0.3, 0.4) is 0 Å². The second-order valence-corrected chi connectivity index (χ2v) is 10.8. The van der Waals surface area contributed by atoms with Crippen LogP contribution >= 0.6 is 0 Å². The zero-order chi connectivity index (χ0) is 24.8. The molecule has 1 saturated heterocycles. The van der Waals surface area contributed by atoms with Crippen LogP contribution < -0.4 is 10.2 Å². The van der Waals surface area contributed by atoms with Crippen molar-refractivity contribution in [1.82, 2.24) is 4.90 Å². The van der Waals surface area contributed by atoms with E-state index in [1.165, 1.54) is 32.1 Å². The molecule has 0 bridgehead atoms. The third-order valence-electron chi connectivity index (χ3n) is 8.62. The number of hydrogen-bond donors (Lipinski definition) is 3. The van der Waals surface area contributed by atoms with Gasteiger partial charge in [-0.15, -0.1) is 0 Å². The highest BCUT2D eigenvalue weighted by Crippen LogP contribution is 2.41. The highest BCUT2D eigenvalue weighted by molar-refractivity contribution is 5.89. The van der Waals surface area contributed by atoms with E-state index >= 15 is 0 Å². The molecule has 2 aliphatic carbocycles. The van der Waals surface area contributed by atoms with Gasteiger partial charge in [0.05, 0.1) is 17.3 Å². The molecule has 35 heavy (non-hydrogen) atoms. The van der Waals surface area contributed by atoms with E-state index in [-0.39, 0.29) is 12.1 Å². The predicted octanol–water partition coefficient (Wildman–Crippen LogP) is 6.19. The first-order valence-electron chi connectivity index (χ1n) is 13.9. The molecule has 1 aromatic carbocycles. The van der Waals surface area contributed by atoms with Gasteiger partial charge in [-0.05, 0) is 57.1 Å². The molecule has 1 aromatic rings. The molecule has 2 saturated carbocycles. The Hall–Kier alpha value is -2.28. The average Bonchev–Trinajstić information content (AvgIpc) is 2.86. The summed E-state index contributed by atoms with van der Waals surface area (Å²) in [4.78, 5) is 29.0. The van der Waals surface area contributed by atoms with Crippen LogP contribution in [0.1, 0.15) is 90.4 Å². The Bertz CT molecular complexity index is 856. The molecule has 1 heterocycles. The molecule has 7 nitrogen and oxygen atoms in total. The first-order valence-corrected chi connectivity index (χ1v) is 13.9. The normalized spacial score (nSPS) is 28.4. The number of anilines is 2. The smallest absolute Gasteiger partial charge is 0.409 e. The predicted molar refractivity (Wildman–Crippen MR) is 139 cm³/mol. The summed E-state index contributed by atoms with van der Waals surface area (Å²) in [5.74, 6) is -1.16. The van der Waals surface area contributed by atoms with Crippen molar-refractivity contribution in [2.24, 2.45) is 5.92 Å². The van der Waals surface area contributed by atoms with Crippen molar-refractivity contribution >= 4 is 23.4 Å². The van der Waals surface area contributed by atoms with Gasteiger partial charge in [-0.1, -0.05) is 57.6 Å². The number of carboxylic acid groups (broad SMARTS) is 2. The van der Waals surface area contributed by atoms with Crippen molar-refractivity contribution in [3.8, 4) is 0 Å². The molecule has 3 fully saturated rings. The highest BCUT2D eigenvalue weighted by Gasteiger charge is 2.42. The van der Waals surface area contributed by atoms with Crippen LogP contribution in [0.5, 0.6) is 0 Å². The molecule has 3 aliphatic rings. The van der Waals surface area contributed by atoms with Gasteiger partial charge in [0, 0.05) is 30.7 Å². The van der Waals surface area contributed by atoms with Gasteiger partial charge in [-0.25, -0.2) is 4.79 Å². The molecule has 1 unspecified atom stereocenters. The second kappa shape index (κ2) is 12.1. The minimum absolute atomic E-state index is 0.119. The molecular formula is C28H43N3O4. The number of carbonyl (C=O) groups is 2. The van der Waals surface area contributed by atoms with E-state index in [9.17, 15) is 19.8 Å². The van der Waals surface area contributed by atoms with Gasteiger partial charge in [0.25, 0.3) is 0 Å². The Morgan fingerprint density at radius 2 is 1.71 bits per heavy atom. The summed E-state index contributed by atoms with van der Waals surface area (Å²) in [7, 11) is 0. The number of amides is 1. The fourth-order valence-corrected chi connectivity index (χ4v) is 7.11. The maximum Gasteiger partial charge on any atom is 0.409 e. The molecule has 1 amide bonds. The zero-order valence-electron chi connectivity index (χ0n) is 21.2. The summed E-state index contributed by atoms with van der Waals surface area (Å²) < 4.78 is 0. The van der Waals surface area contributed by atoms with E-state index in [1.807, 2.05) is 18.2 Å². The Balaban J connectivity index is 1.67. The maximum atomic E-state index is 12.3. The lowest BCUT2D eigenvalue weighted by molar-refractivity contribution is -0.143. The SMILES string of the molecule is CCC[C@H]1C[C@@H](N(c2ccccc2NC(=O)O)C2CCCC[C@H]2C(=O)O)CCN1C1CCCCC1. The highest BCUT2D eigenvalue weighted by atomic mass is 16.4. The van der Waals surface area contributed by atoms with Crippen LogP contribution in [-0.2, 0) is 4.79 Å². The van der Waals surface area contributed by atoms with Gasteiger partial charge >= 0.3 is 12.1 Å². The van der Waals surface area contributed by atoms with Gasteiger partial charge in [0.2, 0.25) is 0 Å². The van der Waals surface area contributed by atoms with E-state index in [0.717, 1.165) is 57.2 Å². The third kappa shape index (κ3) is 6.11. The summed E-state index contributed by atoms with van der Waals surface area (Å²) >= 11 is 0. The molecule has 0 aromatic heterocycles. The summed E-state index contributed by atoms with van der Waals surface area (Å²) in [6, 6.07) is 8.81. The number of carboxylic acids is 1. The minimum Gasteiger partial charge on any atom is -0.481 e. The lowest BCUT2D eigenvalue weighted by Gasteiger charge is -2.51. The number of aliphatic carboxylic acids is 1. The van der Waals surface area contributed by atoms with Gasteiger partial charge in [-0.3, -0.25) is 15.0 Å². The van der Waals surface area contributed by atoms with Crippen LogP contribution in [0.15, 0.2) is 24.3 Å². The second-order valence-electron chi connectivity index (χ2n) is 10.8. The van der Waals surface area contributed by atoms with Crippen LogP contribution in [-0.4, -0.2) is 57.9 Å². The van der Waals surface area contributed by atoms with E-state index in [0.29, 0.717) is 24.2 Å². The van der Waals surface area contributed by atoms with Crippen LogP contribution in [0.25, 0.3) is 0 Å². The fraction of sp³-hybridized carbons (Fsp3) is 0.714. The number of para-hydroxylation sites is 2. The summed E-state index contributed by atoms with van der Waals surface area (Å²) in [5, 5.41) is 22.2. The zero-order valence-corrected chi connectivity index (χ0v) is 21.2. The molecule has 0 radical (unpaired) electrons. The van der Waals surface area contributed by atoms with E-state index in [1.54, 1.807) is 6.07 Å². The van der Waals surface area contributed by atoms with Crippen molar-refractivity contribution in [3.63, 3.8) is 0 Å². The van der Waals surface area contributed by atoms with E-state index in [2.05, 4.69) is 22.0 Å². The number of hydrogen-bond acceptors (Lipinski definition) is 4. The molecule has 1 aliphatic heterocycles. The summed E-state index contributed by atoms with van der Waals surface area (Å²) in [6.07, 6.45) is 13.3. The Kier molecular flexibility index (Phi) is 8.93. The number of nitrogens with one attached hydrogen (secondary N) is 1. The number of piperidine rings is 1. The fourth-order valence-electron chi connectivity index (χ4n) is 7.11. The lowest BCUT2D eigenvalue weighted by Crippen LogP contribution is -2.58. The molecule has 194 valence electrons. The maximum absolute atomic E-state index is 12.3. The number of likely N-dealkylation sites (tertiary alicyclic amines) is 1. The first-order chi connectivity index (χ1) is 17.0. The Labute approximate surface area is 209 Å². The quantitative estimate of drug-likeness (QED) is 0.406. The van der Waals surface area contributed by atoms with Crippen molar-refractivity contribution in [2.45, 2.75) is 115 Å².